The Morgan fingerprint density at radius 1 is 1.38 bits per heavy atom. The highest BCUT2D eigenvalue weighted by Crippen LogP contribution is 1.89. The van der Waals surface area contributed by atoms with Gasteiger partial charge in [0.05, 0.1) is 6.61 Å². The van der Waals surface area contributed by atoms with Crippen LogP contribution in [0.4, 0.5) is 0 Å². The number of rotatable bonds is 7. The average Bonchev–Trinajstić information content (AvgIpc) is 2.01. The van der Waals surface area contributed by atoms with Crippen molar-refractivity contribution in [3.05, 3.63) is 11.6 Å². The fourth-order valence-corrected chi connectivity index (χ4v) is 0.874. The lowest BCUT2D eigenvalue weighted by Gasteiger charge is -2.07. The van der Waals surface area contributed by atoms with E-state index < -0.39 is 0 Å². The van der Waals surface area contributed by atoms with E-state index in [0.717, 1.165) is 26.2 Å². The maximum Gasteiger partial charge on any atom is 0.0649 e. The molecule has 0 spiro atoms. The van der Waals surface area contributed by atoms with Crippen molar-refractivity contribution in [1.82, 2.24) is 5.32 Å². The van der Waals surface area contributed by atoms with Crippen molar-refractivity contribution in [2.45, 2.75) is 40.2 Å². The van der Waals surface area contributed by atoms with Crippen LogP contribution in [-0.4, -0.2) is 25.8 Å². The van der Waals surface area contributed by atoms with Crippen molar-refractivity contribution in [3.63, 3.8) is 0 Å². The monoisotopic (exact) mass is 185 g/mol. The molecule has 0 fully saturated rings. The maximum atomic E-state index is 5.41. The molecule has 0 unspecified atom stereocenters. The van der Waals surface area contributed by atoms with Gasteiger partial charge in [0.1, 0.15) is 0 Å². The van der Waals surface area contributed by atoms with E-state index in [2.05, 4.69) is 39.1 Å². The van der Waals surface area contributed by atoms with Crippen molar-refractivity contribution in [3.8, 4) is 0 Å². The van der Waals surface area contributed by atoms with Crippen molar-refractivity contribution in [2.75, 3.05) is 19.8 Å². The summed E-state index contributed by atoms with van der Waals surface area (Å²) in [6.45, 7) is 11.1. The minimum absolute atomic E-state index is 0.581. The minimum Gasteiger partial charge on any atom is -0.377 e. The zero-order valence-corrected chi connectivity index (χ0v) is 9.39. The third-order valence-electron chi connectivity index (χ3n) is 1.63. The van der Waals surface area contributed by atoms with Crippen LogP contribution >= 0.6 is 0 Å². The lowest BCUT2D eigenvalue weighted by Crippen LogP contribution is -2.24. The van der Waals surface area contributed by atoms with Gasteiger partial charge in [0.25, 0.3) is 0 Å². The molecule has 0 aromatic heterocycles. The Labute approximate surface area is 82.4 Å². The molecule has 0 amide bonds. The Morgan fingerprint density at radius 3 is 2.62 bits per heavy atom. The molecule has 0 radical (unpaired) electrons. The number of hydrogen-bond acceptors (Lipinski definition) is 2. The third kappa shape index (κ3) is 11.7. The van der Waals surface area contributed by atoms with Crippen LogP contribution in [0.5, 0.6) is 0 Å². The molecule has 2 heteroatoms. The molecule has 0 aliphatic rings. The fraction of sp³-hybridized carbons (Fsp3) is 0.818. The van der Waals surface area contributed by atoms with Crippen molar-refractivity contribution in [1.29, 1.82) is 0 Å². The average molecular weight is 185 g/mol. The van der Waals surface area contributed by atoms with E-state index in [1.54, 1.807) is 0 Å². The normalized spacial score (nSPS) is 10.5. The van der Waals surface area contributed by atoms with Gasteiger partial charge in [0, 0.05) is 12.6 Å². The first-order chi connectivity index (χ1) is 6.13. The van der Waals surface area contributed by atoms with Crippen LogP contribution in [0.2, 0.25) is 0 Å². The fourth-order valence-electron chi connectivity index (χ4n) is 0.874. The van der Waals surface area contributed by atoms with Crippen LogP contribution in [0.25, 0.3) is 0 Å². The zero-order chi connectivity index (χ0) is 10.1. The van der Waals surface area contributed by atoms with Gasteiger partial charge in [-0.15, -0.1) is 0 Å². The highest BCUT2D eigenvalue weighted by atomic mass is 16.5. The zero-order valence-electron chi connectivity index (χ0n) is 9.39. The molecule has 0 aromatic carbocycles. The van der Waals surface area contributed by atoms with Crippen molar-refractivity contribution >= 4 is 0 Å². The summed E-state index contributed by atoms with van der Waals surface area (Å²) < 4.78 is 5.41. The lowest BCUT2D eigenvalue weighted by atomic mass is 10.3. The second kappa shape index (κ2) is 8.27. The Morgan fingerprint density at radius 2 is 2.08 bits per heavy atom. The second-order valence-corrected chi connectivity index (χ2v) is 3.82. The Kier molecular flexibility index (Phi) is 8.05. The molecule has 2 nitrogen and oxygen atoms in total. The van der Waals surface area contributed by atoms with Crippen LogP contribution in [0, 0.1) is 0 Å². The molecule has 0 aliphatic heterocycles. The summed E-state index contributed by atoms with van der Waals surface area (Å²) in [6, 6.07) is 0.581. The molecule has 78 valence electrons. The molecule has 0 saturated heterocycles. The molecular weight excluding hydrogens is 162 g/mol. The summed E-state index contributed by atoms with van der Waals surface area (Å²) in [5, 5.41) is 3.35. The van der Waals surface area contributed by atoms with Gasteiger partial charge >= 0.3 is 0 Å². The van der Waals surface area contributed by atoms with Crippen LogP contribution in [-0.2, 0) is 4.74 Å². The van der Waals surface area contributed by atoms with E-state index >= 15 is 0 Å². The summed E-state index contributed by atoms with van der Waals surface area (Å²) in [5.74, 6) is 0. The highest BCUT2D eigenvalue weighted by Gasteiger charge is 1.91. The quantitative estimate of drug-likeness (QED) is 0.485. The van der Waals surface area contributed by atoms with Crippen LogP contribution < -0.4 is 5.32 Å². The highest BCUT2D eigenvalue weighted by molar-refractivity contribution is 4.92. The van der Waals surface area contributed by atoms with Gasteiger partial charge < -0.3 is 10.1 Å². The largest absolute Gasteiger partial charge is 0.377 e. The minimum atomic E-state index is 0.581. The third-order valence-corrected chi connectivity index (χ3v) is 1.63. The maximum absolute atomic E-state index is 5.41. The smallest absolute Gasteiger partial charge is 0.0649 e. The Balaban J connectivity index is 3.04. The first kappa shape index (κ1) is 12.7. The van der Waals surface area contributed by atoms with Crippen molar-refractivity contribution < 1.29 is 4.74 Å². The molecule has 13 heavy (non-hydrogen) atoms. The van der Waals surface area contributed by atoms with E-state index in [1.165, 1.54) is 5.57 Å². The summed E-state index contributed by atoms with van der Waals surface area (Å²) >= 11 is 0. The predicted octanol–water partition coefficient (Wildman–Crippen LogP) is 2.36. The van der Waals surface area contributed by atoms with Gasteiger partial charge in [-0.2, -0.15) is 0 Å². The van der Waals surface area contributed by atoms with Crippen LogP contribution in [0.1, 0.15) is 34.1 Å². The Hall–Kier alpha value is -0.340. The molecule has 1 N–H and O–H groups in total. The standard InChI is InChI=1S/C11H23NO/c1-10(2)6-9-13-8-5-7-12-11(3)4/h6,11-12H,5,7-9H2,1-4H3. The van der Waals surface area contributed by atoms with Crippen molar-refractivity contribution in [2.24, 2.45) is 0 Å². The van der Waals surface area contributed by atoms with E-state index in [0.29, 0.717) is 6.04 Å². The number of nitrogens with one attached hydrogen (secondary N) is 1. The second-order valence-electron chi connectivity index (χ2n) is 3.82. The lowest BCUT2D eigenvalue weighted by molar-refractivity contribution is 0.158. The van der Waals surface area contributed by atoms with E-state index in [9.17, 15) is 0 Å². The van der Waals surface area contributed by atoms with Crippen LogP contribution in [0.15, 0.2) is 11.6 Å². The Bertz CT molecular complexity index is 137. The van der Waals surface area contributed by atoms with E-state index in [-0.39, 0.29) is 0 Å². The number of allylic oxidation sites excluding steroid dienone is 1. The van der Waals surface area contributed by atoms with Gasteiger partial charge in [-0.1, -0.05) is 25.5 Å². The number of hydrogen-bond donors (Lipinski definition) is 1. The van der Waals surface area contributed by atoms with Gasteiger partial charge in [-0.25, -0.2) is 0 Å². The molecule has 0 aromatic rings. The first-order valence-corrected chi connectivity index (χ1v) is 5.07. The SMILES string of the molecule is CC(C)=CCOCCCNC(C)C. The molecular formula is C11H23NO. The van der Waals surface area contributed by atoms with E-state index in [4.69, 9.17) is 4.74 Å². The molecule has 0 heterocycles. The molecule has 0 rings (SSSR count). The molecule has 0 atom stereocenters. The van der Waals surface area contributed by atoms with Crippen LogP contribution in [0.3, 0.4) is 0 Å². The first-order valence-electron chi connectivity index (χ1n) is 5.07. The van der Waals surface area contributed by atoms with Gasteiger partial charge in [-0.05, 0) is 26.8 Å². The number of ether oxygens (including phenoxy) is 1. The summed E-state index contributed by atoms with van der Waals surface area (Å²) in [5.41, 5.74) is 1.32. The predicted molar refractivity (Wildman–Crippen MR) is 58.0 cm³/mol. The van der Waals surface area contributed by atoms with E-state index in [1.807, 2.05) is 0 Å². The molecule has 0 saturated carbocycles. The summed E-state index contributed by atoms with van der Waals surface area (Å²) in [6.07, 6.45) is 3.20. The van der Waals surface area contributed by atoms with Gasteiger partial charge in [0.2, 0.25) is 0 Å². The van der Waals surface area contributed by atoms with Gasteiger partial charge in [0.15, 0.2) is 0 Å². The summed E-state index contributed by atoms with van der Waals surface area (Å²) in [7, 11) is 0. The molecule has 0 aliphatic carbocycles. The molecule has 0 bridgehead atoms. The summed E-state index contributed by atoms with van der Waals surface area (Å²) in [4.78, 5) is 0. The van der Waals surface area contributed by atoms with Gasteiger partial charge in [-0.3, -0.25) is 0 Å². The topological polar surface area (TPSA) is 21.3 Å².